The van der Waals surface area contributed by atoms with Crippen molar-refractivity contribution in [3.05, 3.63) is 22.8 Å². The number of nitrogens with two attached hydrogens (primary N) is 1. The highest BCUT2D eigenvalue weighted by molar-refractivity contribution is 9.10. The summed E-state index contributed by atoms with van der Waals surface area (Å²) in [5.41, 5.74) is 5.19. The molecule has 1 aliphatic heterocycles. The van der Waals surface area contributed by atoms with E-state index < -0.39 is 11.8 Å². The lowest BCUT2D eigenvalue weighted by atomic mass is 10.1. The molecule has 0 aromatic carbocycles. The van der Waals surface area contributed by atoms with Gasteiger partial charge in [-0.25, -0.2) is 4.98 Å². The first-order chi connectivity index (χ1) is 7.59. The number of hydrogen-bond donors (Lipinski definition) is 1. The Bertz CT molecular complexity index is 449. The van der Waals surface area contributed by atoms with Crippen LogP contribution in [0.3, 0.4) is 0 Å². The van der Waals surface area contributed by atoms with Crippen molar-refractivity contribution >= 4 is 33.6 Å². The quantitative estimate of drug-likeness (QED) is 0.867. The molecule has 0 saturated carbocycles. The SMILES string of the molecule is NC(=O)C1CC(=O)N(c2ncccc2Br)C1. The summed E-state index contributed by atoms with van der Waals surface area (Å²) in [6, 6.07) is 3.56. The number of halogens is 1. The molecule has 2 heterocycles. The third-order valence-electron chi connectivity index (χ3n) is 2.52. The van der Waals surface area contributed by atoms with Crippen molar-refractivity contribution in [3.63, 3.8) is 0 Å². The third kappa shape index (κ3) is 1.92. The minimum absolute atomic E-state index is 0.122. The molecule has 5 nitrogen and oxygen atoms in total. The van der Waals surface area contributed by atoms with Crippen molar-refractivity contribution in [1.29, 1.82) is 0 Å². The van der Waals surface area contributed by atoms with E-state index in [0.29, 0.717) is 12.4 Å². The minimum Gasteiger partial charge on any atom is -0.369 e. The highest BCUT2D eigenvalue weighted by Gasteiger charge is 2.35. The Labute approximate surface area is 101 Å². The van der Waals surface area contributed by atoms with Gasteiger partial charge in [0, 0.05) is 19.2 Å². The van der Waals surface area contributed by atoms with Crippen molar-refractivity contribution in [1.82, 2.24) is 4.98 Å². The maximum atomic E-state index is 11.7. The Morgan fingerprint density at radius 2 is 2.38 bits per heavy atom. The smallest absolute Gasteiger partial charge is 0.229 e. The zero-order valence-corrected chi connectivity index (χ0v) is 9.98. The number of carbonyl (C=O) groups excluding carboxylic acids is 2. The molecule has 0 radical (unpaired) electrons. The number of primary amides is 1. The highest BCUT2D eigenvalue weighted by atomic mass is 79.9. The second-order valence-electron chi connectivity index (χ2n) is 3.62. The van der Waals surface area contributed by atoms with Gasteiger partial charge in [-0.05, 0) is 28.1 Å². The van der Waals surface area contributed by atoms with E-state index in [-0.39, 0.29) is 12.3 Å². The predicted octanol–water partition coefficient (Wildman–Crippen LogP) is 0.682. The summed E-state index contributed by atoms with van der Waals surface area (Å²) in [5, 5.41) is 0. The zero-order chi connectivity index (χ0) is 11.7. The average molecular weight is 284 g/mol. The highest BCUT2D eigenvalue weighted by Crippen LogP contribution is 2.28. The second kappa shape index (κ2) is 4.21. The molecule has 1 aromatic rings. The van der Waals surface area contributed by atoms with Crippen LogP contribution >= 0.6 is 15.9 Å². The van der Waals surface area contributed by atoms with Crippen LogP contribution in [0.1, 0.15) is 6.42 Å². The Balaban J connectivity index is 2.27. The van der Waals surface area contributed by atoms with Crippen molar-refractivity contribution in [2.24, 2.45) is 11.7 Å². The van der Waals surface area contributed by atoms with Crippen molar-refractivity contribution in [2.45, 2.75) is 6.42 Å². The van der Waals surface area contributed by atoms with Crippen molar-refractivity contribution < 1.29 is 9.59 Å². The van der Waals surface area contributed by atoms with Gasteiger partial charge in [-0.2, -0.15) is 0 Å². The molecule has 2 rings (SSSR count). The van der Waals surface area contributed by atoms with Gasteiger partial charge < -0.3 is 5.73 Å². The molecule has 1 aromatic heterocycles. The first-order valence-corrected chi connectivity index (χ1v) is 5.59. The summed E-state index contributed by atoms with van der Waals surface area (Å²) in [5.74, 6) is -0.441. The fourth-order valence-electron chi connectivity index (χ4n) is 1.68. The van der Waals surface area contributed by atoms with E-state index in [4.69, 9.17) is 5.73 Å². The summed E-state index contributed by atoms with van der Waals surface area (Å²) < 4.78 is 0.730. The van der Waals surface area contributed by atoms with Gasteiger partial charge in [0.25, 0.3) is 0 Å². The van der Waals surface area contributed by atoms with Gasteiger partial charge in [-0.3, -0.25) is 14.5 Å². The zero-order valence-electron chi connectivity index (χ0n) is 8.39. The number of anilines is 1. The molecule has 6 heteroatoms. The van der Waals surface area contributed by atoms with Crippen LogP contribution in [-0.2, 0) is 9.59 Å². The average Bonchev–Trinajstić information content (AvgIpc) is 2.61. The molecule has 1 saturated heterocycles. The molecule has 0 spiro atoms. The minimum atomic E-state index is -0.442. The van der Waals surface area contributed by atoms with Gasteiger partial charge >= 0.3 is 0 Å². The lowest BCUT2D eigenvalue weighted by Gasteiger charge is -2.16. The number of nitrogens with zero attached hydrogens (tertiary/aromatic N) is 2. The van der Waals surface area contributed by atoms with Crippen LogP contribution in [-0.4, -0.2) is 23.3 Å². The summed E-state index contributed by atoms with van der Waals surface area (Å²) in [6.45, 7) is 0.309. The molecule has 0 aliphatic carbocycles. The van der Waals surface area contributed by atoms with E-state index in [9.17, 15) is 9.59 Å². The first-order valence-electron chi connectivity index (χ1n) is 4.80. The van der Waals surface area contributed by atoms with E-state index in [2.05, 4.69) is 20.9 Å². The summed E-state index contributed by atoms with van der Waals surface area (Å²) in [6.07, 6.45) is 1.77. The summed E-state index contributed by atoms with van der Waals surface area (Å²) in [4.78, 5) is 28.3. The number of pyridine rings is 1. The maximum absolute atomic E-state index is 11.7. The fourth-order valence-corrected chi connectivity index (χ4v) is 2.15. The van der Waals surface area contributed by atoms with Crippen LogP contribution in [0.4, 0.5) is 5.82 Å². The van der Waals surface area contributed by atoms with E-state index >= 15 is 0 Å². The second-order valence-corrected chi connectivity index (χ2v) is 4.47. The first kappa shape index (κ1) is 11.1. The van der Waals surface area contributed by atoms with E-state index in [1.807, 2.05) is 0 Å². The fraction of sp³-hybridized carbons (Fsp3) is 0.300. The molecular formula is C10H10BrN3O2. The summed E-state index contributed by atoms with van der Waals surface area (Å²) in [7, 11) is 0. The van der Waals surface area contributed by atoms with Crippen LogP contribution in [0.5, 0.6) is 0 Å². The standard InChI is InChI=1S/C10H10BrN3O2/c11-7-2-1-3-13-10(7)14-5-6(9(12)16)4-8(14)15/h1-3,6H,4-5H2,(H2,12,16). The van der Waals surface area contributed by atoms with E-state index in [0.717, 1.165) is 4.47 Å². The van der Waals surface area contributed by atoms with Crippen LogP contribution in [0, 0.1) is 5.92 Å². The molecule has 16 heavy (non-hydrogen) atoms. The normalized spacial score (nSPS) is 20.2. The largest absolute Gasteiger partial charge is 0.369 e. The Kier molecular flexibility index (Phi) is 2.91. The number of hydrogen-bond acceptors (Lipinski definition) is 3. The summed E-state index contributed by atoms with van der Waals surface area (Å²) >= 11 is 3.32. The Morgan fingerprint density at radius 1 is 1.62 bits per heavy atom. The molecule has 2 N–H and O–H groups in total. The van der Waals surface area contributed by atoms with Crippen LogP contribution in [0.25, 0.3) is 0 Å². The molecule has 1 fully saturated rings. The van der Waals surface area contributed by atoms with E-state index in [1.54, 1.807) is 18.3 Å². The van der Waals surface area contributed by atoms with Gasteiger partial charge in [-0.15, -0.1) is 0 Å². The number of amides is 2. The Morgan fingerprint density at radius 3 is 2.94 bits per heavy atom. The predicted molar refractivity (Wildman–Crippen MR) is 61.6 cm³/mol. The Hall–Kier alpha value is -1.43. The monoisotopic (exact) mass is 283 g/mol. The van der Waals surface area contributed by atoms with Gasteiger partial charge in [0.2, 0.25) is 11.8 Å². The molecule has 1 aliphatic rings. The van der Waals surface area contributed by atoms with Gasteiger partial charge in [0.05, 0.1) is 10.4 Å². The molecule has 1 atom stereocenters. The van der Waals surface area contributed by atoms with Crippen molar-refractivity contribution in [3.8, 4) is 0 Å². The molecule has 1 unspecified atom stereocenters. The van der Waals surface area contributed by atoms with Gasteiger partial charge in [-0.1, -0.05) is 0 Å². The lowest BCUT2D eigenvalue weighted by molar-refractivity contribution is -0.123. The van der Waals surface area contributed by atoms with Crippen LogP contribution < -0.4 is 10.6 Å². The molecule has 0 bridgehead atoms. The number of carbonyl (C=O) groups is 2. The van der Waals surface area contributed by atoms with Gasteiger partial charge in [0.1, 0.15) is 5.82 Å². The van der Waals surface area contributed by atoms with Crippen LogP contribution in [0.2, 0.25) is 0 Å². The van der Waals surface area contributed by atoms with Crippen molar-refractivity contribution in [2.75, 3.05) is 11.4 Å². The molecule has 2 amide bonds. The van der Waals surface area contributed by atoms with E-state index in [1.165, 1.54) is 4.90 Å². The number of rotatable bonds is 2. The third-order valence-corrected chi connectivity index (χ3v) is 3.14. The van der Waals surface area contributed by atoms with Gasteiger partial charge in [0.15, 0.2) is 0 Å². The molecule has 84 valence electrons. The maximum Gasteiger partial charge on any atom is 0.229 e. The lowest BCUT2D eigenvalue weighted by Crippen LogP contribution is -2.29. The molecular weight excluding hydrogens is 274 g/mol. The van der Waals surface area contributed by atoms with Crippen LogP contribution in [0.15, 0.2) is 22.8 Å². The number of aromatic nitrogens is 1. The topological polar surface area (TPSA) is 76.3 Å².